The summed E-state index contributed by atoms with van der Waals surface area (Å²) in [4.78, 5) is 18.4. The number of carbonyl (C=O) groups excluding carboxylic acids is 1. The molecule has 1 N–H and O–H groups in total. The third-order valence-corrected chi connectivity index (χ3v) is 4.81. The topological polar surface area (TPSA) is 54.5 Å². The van der Waals surface area contributed by atoms with Crippen molar-refractivity contribution in [1.82, 2.24) is 9.88 Å². The van der Waals surface area contributed by atoms with E-state index in [-0.39, 0.29) is 6.03 Å². The molecule has 0 radical (unpaired) electrons. The first kappa shape index (κ1) is 16.5. The van der Waals surface area contributed by atoms with Gasteiger partial charge in [0, 0.05) is 13.1 Å². The summed E-state index contributed by atoms with van der Waals surface area (Å²) in [6.45, 7) is 0.430. The van der Waals surface area contributed by atoms with Crippen molar-refractivity contribution in [3.8, 4) is 5.75 Å². The highest BCUT2D eigenvalue weighted by Gasteiger charge is 2.14. The first-order chi connectivity index (χ1) is 11.6. The second-order valence-corrected chi connectivity index (χ2v) is 6.73. The molecule has 0 unspecified atom stereocenters. The third-order valence-electron chi connectivity index (χ3n) is 3.48. The largest absolute Gasteiger partial charge is 0.497 e. The minimum atomic E-state index is -0.249. The van der Waals surface area contributed by atoms with Gasteiger partial charge in [-0.15, -0.1) is 11.3 Å². The smallest absolute Gasteiger partial charge is 0.322 e. The van der Waals surface area contributed by atoms with Crippen LogP contribution >= 0.6 is 22.9 Å². The fourth-order valence-corrected chi connectivity index (χ4v) is 3.44. The van der Waals surface area contributed by atoms with Crippen LogP contribution in [0.1, 0.15) is 5.01 Å². The van der Waals surface area contributed by atoms with E-state index in [4.69, 9.17) is 16.3 Å². The molecule has 3 rings (SSSR count). The molecule has 1 aromatic heterocycles. The number of ether oxygens (including phenoxy) is 1. The number of fused-ring (bicyclic) bond motifs is 1. The maximum absolute atomic E-state index is 12.3. The third kappa shape index (κ3) is 3.60. The zero-order valence-corrected chi connectivity index (χ0v) is 14.8. The van der Waals surface area contributed by atoms with Gasteiger partial charge in [0.2, 0.25) is 0 Å². The van der Waals surface area contributed by atoms with Gasteiger partial charge in [0.05, 0.1) is 34.6 Å². The Morgan fingerprint density at radius 3 is 2.83 bits per heavy atom. The molecule has 0 bridgehead atoms. The van der Waals surface area contributed by atoms with Gasteiger partial charge >= 0.3 is 6.03 Å². The molecule has 3 aromatic rings. The van der Waals surface area contributed by atoms with Crippen LogP contribution in [0.3, 0.4) is 0 Å². The van der Waals surface area contributed by atoms with E-state index < -0.39 is 0 Å². The van der Waals surface area contributed by atoms with Gasteiger partial charge in [0.25, 0.3) is 0 Å². The van der Waals surface area contributed by atoms with Crippen molar-refractivity contribution in [1.29, 1.82) is 0 Å². The zero-order chi connectivity index (χ0) is 17.1. The molecular formula is C17H16ClN3O2S. The lowest BCUT2D eigenvalue weighted by Gasteiger charge is -2.17. The number of rotatable bonds is 4. The fraction of sp³-hybridized carbons (Fsp3) is 0.176. The van der Waals surface area contributed by atoms with Crippen LogP contribution in [0.2, 0.25) is 5.02 Å². The van der Waals surface area contributed by atoms with Crippen molar-refractivity contribution in [3.63, 3.8) is 0 Å². The standard InChI is InChI=1S/C17H16ClN3O2S/c1-21(10-16-19-14-5-3-4-6-15(14)24-16)17(22)20-13-8-7-11(23-2)9-12(13)18/h3-9H,10H2,1-2H3,(H,20,22). The predicted octanol–water partition coefficient (Wildman–Crippen LogP) is 4.62. The Labute approximate surface area is 148 Å². The zero-order valence-electron chi connectivity index (χ0n) is 13.2. The Balaban J connectivity index is 1.68. The van der Waals surface area contributed by atoms with Crippen molar-refractivity contribution in [3.05, 3.63) is 52.5 Å². The lowest BCUT2D eigenvalue weighted by Crippen LogP contribution is -2.30. The number of nitrogens with zero attached hydrogens (tertiary/aromatic N) is 2. The average Bonchev–Trinajstić information content (AvgIpc) is 2.98. The van der Waals surface area contributed by atoms with Crippen LogP contribution in [0.15, 0.2) is 42.5 Å². The van der Waals surface area contributed by atoms with Crippen molar-refractivity contribution in [2.75, 3.05) is 19.5 Å². The molecule has 1 heterocycles. The number of halogens is 1. The van der Waals surface area contributed by atoms with Gasteiger partial charge in [-0.1, -0.05) is 23.7 Å². The van der Waals surface area contributed by atoms with Gasteiger partial charge in [0.15, 0.2) is 0 Å². The second-order valence-electron chi connectivity index (χ2n) is 5.21. The van der Waals surface area contributed by atoms with Crippen LogP contribution in [0.4, 0.5) is 10.5 Å². The van der Waals surface area contributed by atoms with Crippen molar-refractivity contribution in [2.24, 2.45) is 0 Å². The molecule has 24 heavy (non-hydrogen) atoms. The molecule has 0 atom stereocenters. The first-order valence-corrected chi connectivity index (χ1v) is 8.46. The van der Waals surface area contributed by atoms with E-state index in [0.29, 0.717) is 23.0 Å². The number of benzene rings is 2. The summed E-state index contributed by atoms with van der Waals surface area (Å²) < 4.78 is 6.21. The Morgan fingerprint density at radius 2 is 2.12 bits per heavy atom. The number of carbonyl (C=O) groups is 1. The summed E-state index contributed by atoms with van der Waals surface area (Å²) in [6.07, 6.45) is 0. The van der Waals surface area contributed by atoms with Crippen molar-refractivity contribution >= 4 is 44.9 Å². The van der Waals surface area contributed by atoms with Gasteiger partial charge in [-0.25, -0.2) is 9.78 Å². The highest BCUT2D eigenvalue weighted by atomic mass is 35.5. The van der Waals surface area contributed by atoms with Crippen LogP contribution in [-0.4, -0.2) is 30.1 Å². The molecule has 5 nitrogen and oxygen atoms in total. The van der Waals surface area contributed by atoms with Crippen LogP contribution in [0.5, 0.6) is 5.75 Å². The second kappa shape index (κ2) is 7.07. The number of para-hydroxylation sites is 1. The number of thiazole rings is 1. The number of aromatic nitrogens is 1. The Morgan fingerprint density at radius 1 is 1.33 bits per heavy atom. The van der Waals surface area contributed by atoms with E-state index >= 15 is 0 Å². The van der Waals surface area contributed by atoms with Crippen LogP contribution in [-0.2, 0) is 6.54 Å². The van der Waals surface area contributed by atoms with E-state index in [2.05, 4.69) is 10.3 Å². The molecule has 124 valence electrons. The lowest BCUT2D eigenvalue weighted by molar-refractivity contribution is 0.220. The number of hydrogen-bond acceptors (Lipinski definition) is 4. The molecule has 0 saturated carbocycles. The average molecular weight is 362 g/mol. The van der Waals surface area contributed by atoms with Crippen molar-refractivity contribution in [2.45, 2.75) is 6.54 Å². The molecule has 0 aliphatic carbocycles. The monoisotopic (exact) mass is 361 g/mol. The van der Waals surface area contributed by atoms with E-state index in [1.807, 2.05) is 24.3 Å². The van der Waals surface area contributed by atoms with E-state index in [9.17, 15) is 4.79 Å². The van der Waals surface area contributed by atoms with Crippen LogP contribution < -0.4 is 10.1 Å². The van der Waals surface area contributed by atoms with Crippen molar-refractivity contribution < 1.29 is 9.53 Å². The summed E-state index contributed by atoms with van der Waals surface area (Å²) in [5.41, 5.74) is 1.49. The van der Waals surface area contributed by atoms with Crippen LogP contribution in [0.25, 0.3) is 10.2 Å². The minimum Gasteiger partial charge on any atom is -0.497 e. The molecule has 0 aliphatic heterocycles. The molecule has 0 spiro atoms. The molecule has 7 heteroatoms. The fourth-order valence-electron chi connectivity index (χ4n) is 2.20. The molecule has 2 aromatic carbocycles. The van der Waals surface area contributed by atoms with Gasteiger partial charge in [0.1, 0.15) is 10.8 Å². The highest BCUT2D eigenvalue weighted by Crippen LogP contribution is 2.27. The minimum absolute atomic E-state index is 0.249. The van der Waals surface area contributed by atoms with Gasteiger partial charge in [-0.05, 0) is 24.3 Å². The number of nitrogens with one attached hydrogen (secondary N) is 1. The SMILES string of the molecule is COc1ccc(NC(=O)N(C)Cc2nc3ccccc3s2)c(Cl)c1. The normalized spacial score (nSPS) is 10.6. The number of hydrogen-bond donors (Lipinski definition) is 1. The molecule has 0 aliphatic rings. The first-order valence-electron chi connectivity index (χ1n) is 7.27. The number of urea groups is 1. The van der Waals surface area contributed by atoms with E-state index in [1.165, 1.54) is 0 Å². The number of methoxy groups -OCH3 is 1. The van der Waals surface area contributed by atoms with Crippen LogP contribution in [0, 0.1) is 0 Å². The van der Waals surface area contributed by atoms with Gasteiger partial charge in [-0.2, -0.15) is 0 Å². The van der Waals surface area contributed by atoms with Gasteiger partial charge < -0.3 is 15.0 Å². The summed E-state index contributed by atoms with van der Waals surface area (Å²) in [5, 5.41) is 4.10. The summed E-state index contributed by atoms with van der Waals surface area (Å²) in [5.74, 6) is 0.640. The lowest BCUT2D eigenvalue weighted by atomic mass is 10.3. The van der Waals surface area contributed by atoms with E-state index in [1.54, 1.807) is 48.6 Å². The maximum Gasteiger partial charge on any atom is 0.322 e. The molecule has 0 saturated heterocycles. The predicted molar refractivity (Wildman–Crippen MR) is 98.1 cm³/mol. The Hall–Kier alpha value is -2.31. The summed E-state index contributed by atoms with van der Waals surface area (Å²) >= 11 is 7.73. The molecule has 0 fully saturated rings. The summed E-state index contributed by atoms with van der Waals surface area (Å²) in [6, 6.07) is 12.8. The number of anilines is 1. The quantitative estimate of drug-likeness (QED) is 0.737. The Bertz CT molecular complexity index is 848. The van der Waals surface area contributed by atoms with Gasteiger partial charge in [-0.3, -0.25) is 0 Å². The highest BCUT2D eigenvalue weighted by molar-refractivity contribution is 7.18. The molecule has 2 amide bonds. The molecular weight excluding hydrogens is 346 g/mol. The Kier molecular flexibility index (Phi) is 4.87. The maximum atomic E-state index is 12.3. The number of amides is 2. The van der Waals surface area contributed by atoms with E-state index in [0.717, 1.165) is 15.2 Å². The summed E-state index contributed by atoms with van der Waals surface area (Å²) in [7, 11) is 3.29.